The Hall–Kier alpha value is -4.01. The Morgan fingerprint density at radius 1 is 1.08 bits per heavy atom. The summed E-state index contributed by atoms with van der Waals surface area (Å²) < 4.78 is 13.4. The van der Waals surface area contributed by atoms with Crippen LogP contribution in [0.15, 0.2) is 84.3 Å². The fourth-order valence-electron chi connectivity index (χ4n) is 4.33. The molecule has 2 heterocycles. The van der Waals surface area contributed by atoms with Crippen molar-refractivity contribution < 1.29 is 14.3 Å². The van der Waals surface area contributed by atoms with Gasteiger partial charge in [0.05, 0.1) is 12.7 Å². The number of methoxy groups -OCH3 is 1. The van der Waals surface area contributed by atoms with Crippen LogP contribution in [0.4, 0.5) is 5.95 Å². The van der Waals surface area contributed by atoms with E-state index in [0.717, 1.165) is 16.7 Å². The number of ether oxygens (including phenoxy) is 2. The molecule has 38 heavy (non-hydrogen) atoms. The predicted molar refractivity (Wildman–Crippen MR) is 147 cm³/mol. The lowest BCUT2D eigenvalue weighted by atomic mass is 9.94. The van der Waals surface area contributed by atoms with Crippen LogP contribution in [0, 0.1) is 0 Å². The minimum Gasteiger partial charge on any atom is -0.493 e. The number of carbonyl (C=O) groups is 1. The molecular weight excluding hydrogens is 525 g/mol. The van der Waals surface area contributed by atoms with Crippen LogP contribution in [0.1, 0.15) is 29.7 Å². The predicted octanol–water partition coefficient (Wildman–Crippen LogP) is 5.78. The maximum Gasteiger partial charge on any atom is 0.251 e. The fourth-order valence-corrected chi connectivity index (χ4v) is 4.80. The summed E-state index contributed by atoms with van der Waals surface area (Å²) in [5, 5.41) is 11.7. The van der Waals surface area contributed by atoms with E-state index in [0.29, 0.717) is 45.3 Å². The van der Waals surface area contributed by atoms with E-state index in [1.54, 1.807) is 23.9 Å². The number of hydrogen-bond donors (Lipinski definition) is 2. The maximum absolute atomic E-state index is 13.5. The summed E-state index contributed by atoms with van der Waals surface area (Å²) in [4.78, 5) is 17.8. The van der Waals surface area contributed by atoms with Crippen LogP contribution < -0.4 is 20.1 Å². The third kappa shape index (κ3) is 5.32. The van der Waals surface area contributed by atoms with E-state index >= 15 is 0 Å². The highest BCUT2D eigenvalue weighted by molar-refractivity contribution is 6.35. The van der Waals surface area contributed by atoms with Gasteiger partial charge in [0, 0.05) is 27.9 Å². The molecule has 0 aliphatic carbocycles. The van der Waals surface area contributed by atoms with E-state index in [-0.39, 0.29) is 12.5 Å². The molecule has 0 fully saturated rings. The molecule has 3 aromatic carbocycles. The smallest absolute Gasteiger partial charge is 0.251 e. The van der Waals surface area contributed by atoms with Crippen molar-refractivity contribution in [2.75, 3.05) is 12.4 Å². The number of carbonyl (C=O) groups excluding carboxylic acids is 1. The number of nitrogens with zero attached hydrogens (tertiary/aromatic N) is 3. The molecule has 1 aliphatic rings. The number of anilines is 1. The largest absolute Gasteiger partial charge is 0.493 e. The summed E-state index contributed by atoms with van der Waals surface area (Å²) in [6, 6.07) is 20.0. The molecule has 0 bridgehead atoms. The number of aromatic nitrogens is 3. The Bertz CT molecular complexity index is 1500. The van der Waals surface area contributed by atoms with E-state index in [9.17, 15) is 4.79 Å². The molecular formula is C28H25Cl2N5O3. The zero-order valence-corrected chi connectivity index (χ0v) is 22.3. The number of allylic oxidation sites excluding steroid dienone is 1. The number of hydrogen-bond acceptors (Lipinski definition) is 6. The first-order chi connectivity index (χ1) is 18.4. The van der Waals surface area contributed by atoms with Crippen LogP contribution in [0.25, 0.3) is 0 Å². The standard InChI is InChI=1S/C28H25Cl2N5O3/c1-17-25(27(36)31-14-18-6-4-3-5-7-18)26(35-28(34-17)32-16-33-35)19-9-11-23(24(12-19)37-2)38-15-20-8-10-21(29)13-22(20)30/h3-13,16,26H,14-15H2,1-2H3,(H,31,36)(H,32,33,34). The summed E-state index contributed by atoms with van der Waals surface area (Å²) in [6.45, 7) is 2.49. The number of rotatable bonds is 8. The number of amides is 1. The Morgan fingerprint density at radius 2 is 1.89 bits per heavy atom. The van der Waals surface area contributed by atoms with Crippen LogP contribution >= 0.6 is 23.2 Å². The molecule has 0 spiro atoms. The summed E-state index contributed by atoms with van der Waals surface area (Å²) in [5.74, 6) is 1.38. The van der Waals surface area contributed by atoms with Crippen LogP contribution in [0.5, 0.6) is 11.5 Å². The van der Waals surface area contributed by atoms with Gasteiger partial charge in [-0.2, -0.15) is 10.1 Å². The van der Waals surface area contributed by atoms with Gasteiger partial charge in [-0.15, -0.1) is 0 Å². The van der Waals surface area contributed by atoms with Crippen molar-refractivity contribution in [2.24, 2.45) is 0 Å². The van der Waals surface area contributed by atoms with Crippen LogP contribution in [0.2, 0.25) is 10.0 Å². The number of halogens is 2. The van der Waals surface area contributed by atoms with Gasteiger partial charge in [-0.05, 0) is 42.3 Å². The first-order valence-corrected chi connectivity index (χ1v) is 12.6. The molecule has 1 amide bonds. The Labute approximate surface area is 230 Å². The zero-order chi connectivity index (χ0) is 26.6. The van der Waals surface area contributed by atoms with Crippen molar-refractivity contribution in [1.82, 2.24) is 20.1 Å². The summed E-state index contributed by atoms with van der Waals surface area (Å²) in [5.41, 5.74) is 3.81. The Morgan fingerprint density at radius 3 is 2.66 bits per heavy atom. The quantitative estimate of drug-likeness (QED) is 0.289. The highest BCUT2D eigenvalue weighted by Crippen LogP contribution is 2.39. The summed E-state index contributed by atoms with van der Waals surface area (Å²) in [6.07, 6.45) is 1.46. The van der Waals surface area contributed by atoms with Gasteiger partial charge in [0.1, 0.15) is 19.0 Å². The lowest BCUT2D eigenvalue weighted by Crippen LogP contribution is -2.34. The second-order valence-electron chi connectivity index (χ2n) is 8.70. The van der Waals surface area contributed by atoms with E-state index in [4.69, 9.17) is 32.7 Å². The average molecular weight is 550 g/mol. The van der Waals surface area contributed by atoms with Crippen LogP contribution in [-0.2, 0) is 17.9 Å². The van der Waals surface area contributed by atoms with Crippen molar-refractivity contribution in [3.8, 4) is 11.5 Å². The van der Waals surface area contributed by atoms with E-state index in [2.05, 4.69) is 20.7 Å². The molecule has 1 unspecified atom stereocenters. The Balaban J connectivity index is 1.43. The monoisotopic (exact) mass is 549 g/mol. The molecule has 10 heteroatoms. The molecule has 5 rings (SSSR count). The van der Waals surface area contributed by atoms with E-state index in [1.807, 2.05) is 61.5 Å². The van der Waals surface area contributed by atoms with Crippen molar-refractivity contribution in [3.63, 3.8) is 0 Å². The molecule has 194 valence electrons. The van der Waals surface area contributed by atoms with Gasteiger partial charge < -0.3 is 20.1 Å². The molecule has 4 aromatic rings. The minimum absolute atomic E-state index is 0.207. The molecule has 2 N–H and O–H groups in total. The van der Waals surface area contributed by atoms with Crippen LogP contribution in [-0.4, -0.2) is 27.8 Å². The minimum atomic E-state index is -0.529. The van der Waals surface area contributed by atoms with E-state index < -0.39 is 6.04 Å². The normalized spacial score (nSPS) is 14.5. The number of benzene rings is 3. The first-order valence-electron chi connectivity index (χ1n) is 11.9. The van der Waals surface area contributed by atoms with Gasteiger partial charge in [0.2, 0.25) is 5.95 Å². The van der Waals surface area contributed by atoms with E-state index in [1.165, 1.54) is 6.33 Å². The van der Waals surface area contributed by atoms with Gasteiger partial charge >= 0.3 is 0 Å². The third-order valence-electron chi connectivity index (χ3n) is 6.24. The lowest BCUT2D eigenvalue weighted by Gasteiger charge is -2.29. The van der Waals surface area contributed by atoms with Gasteiger partial charge in [0.25, 0.3) is 5.91 Å². The molecule has 1 aliphatic heterocycles. The highest BCUT2D eigenvalue weighted by Gasteiger charge is 2.33. The zero-order valence-electron chi connectivity index (χ0n) is 20.7. The fraction of sp³-hybridized carbons (Fsp3) is 0.179. The highest BCUT2D eigenvalue weighted by atomic mass is 35.5. The molecule has 1 atom stereocenters. The lowest BCUT2D eigenvalue weighted by molar-refractivity contribution is -0.118. The van der Waals surface area contributed by atoms with Crippen LogP contribution in [0.3, 0.4) is 0 Å². The number of fused-ring (bicyclic) bond motifs is 1. The second-order valence-corrected chi connectivity index (χ2v) is 9.54. The van der Waals surface area contributed by atoms with Gasteiger partial charge in [-0.25, -0.2) is 4.68 Å². The SMILES string of the molecule is COc1cc(C2C(C(=O)NCc3ccccc3)=C(C)Nc3ncnn32)ccc1OCc1ccc(Cl)cc1Cl. The molecule has 1 aromatic heterocycles. The van der Waals surface area contributed by atoms with Gasteiger partial charge in [0.15, 0.2) is 11.5 Å². The van der Waals surface area contributed by atoms with Gasteiger partial charge in [-0.1, -0.05) is 65.7 Å². The number of nitrogens with one attached hydrogen (secondary N) is 2. The third-order valence-corrected chi connectivity index (χ3v) is 6.82. The molecule has 8 nitrogen and oxygen atoms in total. The summed E-state index contributed by atoms with van der Waals surface area (Å²) >= 11 is 12.3. The maximum atomic E-state index is 13.5. The van der Waals surface area contributed by atoms with Gasteiger partial charge in [-0.3, -0.25) is 4.79 Å². The average Bonchev–Trinajstić information content (AvgIpc) is 3.39. The van der Waals surface area contributed by atoms with Crippen molar-refractivity contribution in [1.29, 1.82) is 0 Å². The van der Waals surface area contributed by atoms with Crippen molar-refractivity contribution >= 4 is 35.1 Å². The topological polar surface area (TPSA) is 90.3 Å². The second kappa shape index (κ2) is 11.2. The summed E-state index contributed by atoms with van der Waals surface area (Å²) in [7, 11) is 1.57. The first kappa shape index (κ1) is 25.6. The molecule has 0 saturated carbocycles. The van der Waals surface area contributed by atoms with Crippen molar-refractivity contribution in [3.05, 3.63) is 111 Å². The Kier molecular flexibility index (Phi) is 7.53. The van der Waals surface area contributed by atoms with Crippen molar-refractivity contribution in [2.45, 2.75) is 26.1 Å². The molecule has 0 saturated heterocycles. The molecule has 0 radical (unpaired) electrons.